The van der Waals surface area contributed by atoms with Gasteiger partial charge in [-0.25, -0.2) is 0 Å². The lowest BCUT2D eigenvalue weighted by Gasteiger charge is -2.06. The summed E-state index contributed by atoms with van der Waals surface area (Å²) in [6.07, 6.45) is 0.473. The Balaban J connectivity index is 2.43. The summed E-state index contributed by atoms with van der Waals surface area (Å²) in [4.78, 5) is 11.4. The van der Waals surface area contributed by atoms with E-state index in [9.17, 15) is 4.79 Å². The van der Waals surface area contributed by atoms with Crippen molar-refractivity contribution in [2.24, 2.45) is 0 Å². The van der Waals surface area contributed by atoms with Crippen molar-refractivity contribution in [2.45, 2.75) is 6.42 Å². The van der Waals surface area contributed by atoms with Crippen LogP contribution in [-0.4, -0.2) is 5.91 Å². The summed E-state index contributed by atoms with van der Waals surface area (Å²) in [5, 5.41) is 5.17. The third-order valence-corrected chi connectivity index (χ3v) is 3.41. The molecule has 0 bridgehead atoms. The van der Waals surface area contributed by atoms with Gasteiger partial charge < -0.3 is 5.32 Å². The van der Waals surface area contributed by atoms with Gasteiger partial charge in [0.05, 0.1) is 12.1 Å². The molecule has 0 radical (unpaired) electrons. The summed E-state index contributed by atoms with van der Waals surface area (Å²) in [5.74, 6) is 0.0713. The molecular weight excluding hydrogens is 254 g/mol. The largest absolute Gasteiger partial charge is 0.325 e. The Morgan fingerprint density at radius 3 is 2.93 bits per heavy atom. The van der Waals surface area contributed by atoms with Crippen LogP contribution in [0.1, 0.15) is 5.56 Å². The van der Waals surface area contributed by atoms with Crippen molar-refractivity contribution in [3.05, 3.63) is 40.4 Å². The molecule has 1 amide bonds. The number of anilines is 1. The third-order valence-electron chi connectivity index (χ3n) is 2.70. The number of rotatable bonds is 0. The first-order valence-electron chi connectivity index (χ1n) is 4.75. The summed E-state index contributed by atoms with van der Waals surface area (Å²) in [5.41, 5.74) is 2.03. The van der Waals surface area contributed by atoms with E-state index < -0.39 is 0 Å². The number of fused-ring (bicyclic) bond motifs is 3. The number of carbonyl (C=O) groups is 1. The Kier molecular flexibility index (Phi) is 1.83. The summed E-state index contributed by atoms with van der Waals surface area (Å²) in [6, 6.07) is 10.1. The van der Waals surface area contributed by atoms with Crippen LogP contribution in [0.25, 0.3) is 10.8 Å². The van der Waals surface area contributed by atoms with Crippen LogP contribution < -0.4 is 5.32 Å². The monoisotopic (exact) mass is 261 g/mol. The van der Waals surface area contributed by atoms with Crippen molar-refractivity contribution in [1.82, 2.24) is 0 Å². The Labute approximate surface area is 95.4 Å². The van der Waals surface area contributed by atoms with E-state index in [-0.39, 0.29) is 5.91 Å². The molecule has 0 saturated heterocycles. The number of carbonyl (C=O) groups excluding carboxylic acids is 1. The van der Waals surface area contributed by atoms with E-state index >= 15 is 0 Å². The molecule has 0 unspecified atom stereocenters. The standard InChI is InChI=1S/C12H8BrNO/c13-10-5-7-3-1-2-4-8(7)12-9(10)6-11(15)14-12/h1-5H,6H2,(H,14,15). The van der Waals surface area contributed by atoms with Crippen molar-refractivity contribution >= 4 is 38.3 Å². The molecule has 2 aromatic carbocycles. The van der Waals surface area contributed by atoms with Crippen molar-refractivity contribution < 1.29 is 4.79 Å². The highest BCUT2D eigenvalue weighted by Crippen LogP contribution is 2.37. The van der Waals surface area contributed by atoms with Crippen LogP contribution in [0.15, 0.2) is 34.8 Å². The van der Waals surface area contributed by atoms with E-state index in [1.54, 1.807) is 0 Å². The lowest BCUT2D eigenvalue weighted by Crippen LogP contribution is -2.03. The number of amides is 1. The predicted molar refractivity (Wildman–Crippen MR) is 64.0 cm³/mol. The first kappa shape index (κ1) is 8.92. The minimum Gasteiger partial charge on any atom is -0.325 e. The van der Waals surface area contributed by atoms with Gasteiger partial charge in [0, 0.05) is 9.86 Å². The normalized spacial score (nSPS) is 14.1. The lowest BCUT2D eigenvalue weighted by molar-refractivity contribution is -0.115. The molecule has 0 aromatic heterocycles. The Bertz CT molecular complexity index is 577. The molecule has 0 aliphatic carbocycles. The number of benzene rings is 2. The zero-order valence-electron chi connectivity index (χ0n) is 7.88. The van der Waals surface area contributed by atoms with Gasteiger partial charge in [0.15, 0.2) is 0 Å². The Hall–Kier alpha value is -1.35. The summed E-state index contributed by atoms with van der Waals surface area (Å²) in [6.45, 7) is 0. The van der Waals surface area contributed by atoms with Crippen molar-refractivity contribution in [1.29, 1.82) is 0 Å². The fourth-order valence-corrected chi connectivity index (χ4v) is 2.60. The van der Waals surface area contributed by atoms with Gasteiger partial charge in [-0.3, -0.25) is 4.79 Å². The molecule has 1 heterocycles. The van der Waals surface area contributed by atoms with Crippen molar-refractivity contribution in [2.75, 3.05) is 5.32 Å². The highest BCUT2D eigenvalue weighted by Gasteiger charge is 2.22. The first-order valence-corrected chi connectivity index (χ1v) is 5.55. The highest BCUT2D eigenvalue weighted by atomic mass is 79.9. The number of halogens is 1. The summed E-state index contributed by atoms with van der Waals surface area (Å²) < 4.78 is 1.01. The molecule has 1 aliphatic heterocycles. The topological polar surface area (TPSA) is 29.1 Å². The molecule has 3 heteroatoms. The lowest BCUT2D eigenvalue weighted by atomic mass is 10.0. The van der Waals surface area contributed by atoms with Crippen LogP contribution in [0.5, 0.6) is 0 Å². The molecule has 1 N–H and O–H groups in total. The molecule has 74 valence electrons. The van der Waals surface area contributed by atoms with Gasteiger partial charge in [0.1, 0.15) is 0 Å². The molecule has 1 aliphatic rings. The quantitative estimate of drug-likeness (QED) is 0.776. The van der Waals surface area contributed by atoms with E-state index in [4.69, 9.17) is 0 Å². The molecule has 0 saturated carbocycles. The van der Waals surface area contributed by atoms with E-state index in [1.807, 2.05) is 24.3 Å². The van der Waals surface area contributed by atoms with Crippen LogP contribution in [0.3, 0.4) is 0 Å². The molecule has 0 fully saturated rings. The molecule has 2 nitrogen and oxygen atoms in total. The second-order valence-corrected chi connectivity index (χ2v) is 4.51. The third kappa shape index (κ3) is 1.27. The van der Waals surface area contributed by atoms with E-state index in [1.165, 1.54) is 0 Å². The Morgan fingerprint density at radius 1 is 1.27 bits per heavy atom. The van der Waals surface area contributed by atoms with E-state index in [0.717, 1.165) is 26.5 Å². The number of hydrogen-bond donors (Lipinski definition) is 1. The van der Waals surface area contributed by atoms with Crippen LogP contribution in [0, 0.1) is 0 Å². The van der Waals surface area contributed by atoms with Gasteiger partial charge in [-0.05, 0) is 17.0 Å². The minimum atomic E-state index is 0.0713. The van der Waals surface area contributed by atoms with E-state index in [2.05, 4.69) is 27.3 Å². The fraction of sp³-hybridized carbons (Fsp3) is 0.0833. The van der Waals surface area contributed by atoms with Gasteiger partial charge in [-0.2, -0.15) is 0 Å². The number of hydrogen-bond acceptors (Lipinski definition) is 1. The predicted octanol–water partition coefficient (Wildman–Crippen LogP) is 3.10. The molecular formula is C12H8BrNO. The average molecular weight is 262 g/mol. The fourth-order valence-electron chi connectivity index (χ4n) is 2.02. The Morgan fingerprint density at radius 2 is 2.07 bits per heavy atom. The van der Waals surface area contributed by atoms with Crippen LogP contribution in [0.2, 0.25) is 0 Å². The summed E-state index contributed by atoms with van der Waals surface area (Å²) >= 11 is 3.50. The maximum absolute atomic E-state index is 11.4. The second-order valence-electron chi connectivity index (χ2n) is 3.66. The zero-order chi connectivity index (χ0) is 10.4. The summed E-state index contributed by atoms with van der Waals surface area (Å²) in [7, 11) is 0. The van der Waals surface area contributed by atoms with Crippen LogP contribution in [-0.2, 0) is 11.2 Å². The SMILES string of the molecule is O=C1Cc2c(Br)cc3ccccc3c2N1. The van der Waals surface area contributed by atoms with Gasteiger partial charge in [-0.1, -0.05) is 40.2 Å². The van der Waals surface area contributed by atoms with Gasteiger partial charge in [0.2, 0.25) is 5.91 Å². The van der Waals surface area contributed by atoms with Crippen LogP contribution in [0.4, 0.5) is 5.69 Å². The average Bonchev–Trinajstić information content (AvgIpc) is 2.61. The minimum absolute atomic E-state index is 0.0713. The van der Waals surface area contributed by atoms with Gasteiger partial charge >= 0.3 is 0 Å². The molecule has 15 heavy (non-hydrogen) atoms. The van der Waals surface area contributed by atoms with Gasteiger partial charge in [0.25, 0.3) is 0 Å². The number of nitrogens with one attached hydrogen (secondary N) is 1. The molecule has 3 rings (SSSR count). The van der Waals surface area contributed by atoms with Crippen LogP contribution >= 0.6 is 15.9 Å². The zero-order valence-corrected chi connectivity index (χ0v) is 9.47. The van der Waals surface area contributed by atoms with Gasteiger partial charge in [-0.15, -0.1) is 0 Å². The smallest absolute Gasteiger partial charge is 0.228 e. The second kappa shape index (κ2) is 3.07. The molecule has 0 atom stereocenters. The maximum Gasteiger partial charge on any atom is 0.228 e. The molecule has 0 spiro atoms. The maximum atomic E-state index is 11.4. The van der Waals surface area contributed by atoms with E-state index in [0.29, 0.717) is 6.42 Å². The first-order chi connectivity index (χ1) is 7.25. The molecule has 2 aromatic rings. The van der Waals surface area contributed by atoms with Crippen molar-refractivity contribution in [3.8, 4) is 0 Å². The highest BCUT2D eigenvalue weighted by molar-refractivity contribution is 9.10. The van der Waals surface area contributed by atoms with Crippen molar-refractivity contribution in [3.63, 3.8) is 0 Å².